The van der Waals surface area contributed by atoms with Crippen molar-refractivity contribution in [1.29, 1.82) is 0 Å². The van der Waals surface area contributed by atoms with E-state index in [2.05, 4.69) is 15.4 Å². The minimum atomic E-state index is -2.85. The predicted octanol–water partition coefficient (Wildman–Crippen LogP) is 3.89. The number of rotatable bonds is 6. The molecule has 8 heteroatoms. The van der Waals surface area contributed by atoms with E-state index in [-0.39, 0.29) is 30.1 Å². The van der Waals surface area contributed by atoms with Crippen molar-refractivity contribution in [3.05, 3.63) is 54.1 Å². The molecular weight excluding hydrogens is 376 g/mol. The molecule has 0 aliphatic carbocycles. The summed E-state index contributed by atoms with van der Waals surface area (Å²) in [6, 6.07) is 13.6. The van der Waals surface area contributed by atoms with Gasteiger partial charge in [0.15, 0.2) is 0 Å². The lowest BCUT2D eigenvalue weighted by Gasteiger charge is -2.25. The molecule has 146 valence electrons. The van der Waals surface area contributed by atoms with Crippen LogP contribution in [0.3, 0.4) is 0 Å². The van der Waals surface area contributed by atoms with Crippen molar-refractivity contribution >= 4 is 29.7 Å². The molecule has 1 aliphatic rings. The van der Waals surface area contributed by atoms with Crippen molar-refractivity contribution in [1.82, 2.24) is 10.2 Å². The zero-order valence-corrected chi connectivity index (χ0v) is 15.6. The lowest BCUT2D eigenvalue weighted by atomic mass is 10.1. The molecular formula is C19H22ClF2N3O2. The quantitative estimate of drug-likeness (QED) is 0.776. The van der Waals surface area contributed by atoms with E-state index in [0.29, 0.717) is 16.9 Å². The van der Waals surface area contributed by atoms with E-state index in [1.54, 1.807) is 23.1 Å². The van der Waals surface area contributed by atoms with E-state index >= 15 is 0 Å². The van der Waals surface area contributed by atoms with Gasteiger partial charge in [-0.25, -0.2) is 0 Å². The summed E-state index contributed by atoms with van der Waals surface area (Å²) in [5, 5.41) is 6.43. The second kappa shape index (κ2) is 9.53. The summed E-state index contributed by atoms with van der Waals surface area (Å²) >= 11 is 0. The minimum absolute atomic E-state index is 0. The van der Waals surface area contributed by atoms with Crippen molar-refractivity contribution in [3.63, 3.8) is 0 Å². The number of halogens is 3. The van der Waals surface area contributed by atoms with Gasteiger partial charge in [-0.15, -0.1) is 12.4 Å². The Morgan fingerprint density at radius 3 is 2.56 bits per heavy atom. The number of carbonyl (C=O) groups is 1. The van der Waals surface area contributed by atoms with Crippen LogP contribution in [0.4, 0.5) is 20.2 Å². The average molecular weight is 398 g/mol. The number of anilines is 2. The molecule has 1 aliphatic heterocycles. The molecule has 1 unspecified atom stereocenters. The predicted molar refractivity (Wildman–Crippen MR) is 103 cm³/mol. The molecule has 5 nitrogen and oxygen atoms in total. The Morgan fingerprint density at radius 2 is 1.93 bits per heavy atom. The summed E-state index contributed by atoms with van der Waals surface area (Å²) < 4.78 is 28.8. The first-order valence-electron chi connectivity index (χ1n) is 8.43. The van der Waals surface area contributed by atoms with Crippen molar-refractivity contribution < 1.29 is 18.3 Å². The Bertz CT molecular complexity index is 753. The van der Waals surface area contributed by atoms with Crippen LogP contribution in [-0.2, 0) is 0 Å². The summed E-state index contributed by atoms with van der Waals surface area (Å²) in [6.45, 7) is -1.15. The molecule has 1 amide bonds. The lowest BCUT2D eigenvalue weighted by molar-refractivity contribution is -0.0498. The summed E-state index contributed by atoms with van der Waals surface area (Å²) in [7, 11) is 1.81. The van der Waals surface area contributed by atoms with E-state index in [9.17, 15) is 13.6 Å². The number of amides is 1. The number of alkyl halides is 2. The summed E-state index contributed by atoms with van der Waals surface area (Å²) in [6.07, 6.45) is 0.934. The van der Waals surface area contributed by atoms with Gasteiger partial charge in [-0.1, -0.05) is 12.1 Å². The maximum absolute atomic E-state index is 12.9. The number of hydrogen-bond acceptors (Lipinski definition) is 4. The monoisotopic (exact) mass is 397 g/mol. The van der Waals surface area contributed by atoms with Crippen LogP contribution in [0.2, 0.25) is 0 Å². The Kier molecular flexibility index (Phi) is 7.38. The van der Waals surface area contributed by atoms with Crippen LogP contribution in [-0.4, -0.2) is 43.6 Å². The van der Waals surface area contributed by atoms with Crippen LogP contribution >= 0.6 is 12.4 Å². The van der Waals surface area contributed by atoms with Gasteiger partial charge in [-0.3, -0.25) is 4.79 Å². The zero-order chi connectivity index (χ0) is 18.5. The third kappa shape index (κ3) is 5.30. The molecule has 2 aromatic rings. The normalized spacial score (nSPS) is 15.9. The standard InChI is InChI=1S/C19H21F2N3O2.ClH/c1-24(14-10-11-22-12-14)18(25)16-4-2-3-5-17(16)23-13-6-8-15(9-7-13)26-19(20)21;/h2-9,14,19,22-23H,10-12H2,1H3;1H. The third-order valence-corrected chi connectivity index (χ3v) is 4.42. The van der Waals surface area contributed by atoms with Gasteiger partial charge in [0.2, 0.25) is 0 Å². The van der Waals surface area contributed by atoms with E-state index in [1.807, 2.05) is 25.2 Å². The molecule has 0 spiro atoms. The van der Waals surface area contributed by atoms with Crippen molar-refractivity contribution in [2.45, 2.75) is 19.1 Å². The van der Waals surface area contributed by atoms with Gasteiger partial charge in [0.1, 0.15) is 5.75 Å². The highest BCUT2D eigenvalue weighted by molar-refractivity contribution is 6.00. The van der Waals surface area contributed by atoms with E-state index in [4.69, 9.17) is 0 Å². The molecule has 2 N–H and O–H groups in total. The van der Waals surface area contributed by atoms with Gasteiger partial charge in [-0.05, 0) is 49.4 Å². The molecule has 0 saturated carbocycles. The first-order valence-corrected chi connectivity index (χ1v) is 8.43. The third-order valence-electron chi connectivity index (χ3n) is 4.42. The largest absolute Gasteiger partial charge is 0.435 e. The smallest absolute Gasteiger partial charge is 0.387 e. The van der Waals surface area contributed by atoms with Gasteiger partial charge < -0.3 is 20.3 Å². The van der Waals surface area contributed by atoms with Gasteiger partial charge in [0.05, 0.1) is 11.3 Å². The molecule has 0 radical (unpaired) electrons. The number of hydrogen-bond donors (Lipinski definition) is 2. The van der Waals surface area contributed by atoms with Gasteiger partial charge in [-0.2, -0.15) is 8.78 Å². The fourth-order valence-electron chi connectivity index (χ4n) is 2.98. The maximum Gasteiger partial charge on any atom is 0.387 e. The van der Waals surface area contributed by atoms with Crippen LogP contribution in [0.25, 0.3) is 0 Å². The first-order chi connectivity index (χ1) is 12.5. The summed E-state index contributed by atoms with van der Waals surface area (Å²) in [5.41, 5.74) is 1.91. The highest BCUT2D eigenvalue weighted by Crippen LogP contribution is 2.25. The van der Waals surface area contributed by atoms with E-state index in [0.717, 1.165) is 19.5 Å². The fraction of sp³-hybridized carbons (Fsp3) is 0.316. The topological polar surface area (TPSA) is 53.6 Å². The minimum Gasteiger partial charge on any atom is -0.435 e. The number of para-hydroxylation sites is 1. The van der Waals surface area contributed by atoms with Crippen LogP contribution in [0.5, 0.6) is 5.75 Å². The molecule has 0 aromatic heterocycles. The maximum atomic E-state index is 12.9. The molecule has 1 fully saturated rings. The number of nitrogens with zero attached hydrogens (tertiary/aromatic N) is 1. The SMILES string of the molecule is CN(C(=O)c1ccccc1Nc1ccc(OC(F)F)cc1)C1CCNC1.Cl. The molecule has 1 atom stereocenters. The zero-order valence-electron chi connectivity index (χ0n) is 14.8. The highest BCUT2D eigenvalue weighted by Gasteiger charge is 2.25. The fourth-order valence-corrected chi connectivity index (χ4v) is 2.98. The van der Waals surface area contributed by atoms with Gasteiger partial charge >= 0.3 is 6.61 Å². The Morgan fingerprint density at radius 1 is 1.22 bits per heavy atom. The molecule has 1 saturated heterocycles. The van der Waals surface area contributed by atoms with Crippen molar-refractivity contribution in [2.75, 3.05) is 25.5 Å². The van der Waals surface area contributed by atoms with Crippen molar-refractivity contribution in [2.24, 2.45) is 0 Å². The molecule has 2 aromatic carbocycles. The number of likely N-dealkylation sites (N-methyl/N-ethyl adjacent to an activating group) is 1. The Hall–Kier alpha value is -2.38. The first kappa shape index (κ1) is 20.9. The Balaban J connectivity index is 0.00000261. The molecule has 3 rings (SSSR count). The van der Waals surface area contributed by atoms with Crippen LogP contribution in [0.15, 0.2) is 48.5 Å². The number of carbonyl (C=O) groups excluding carboxylic acids is 1. The lowest BCUT2D eigenvalue weighted by Crippen LogP contribution is -2.38. The van der Waals surface area contributed by atoms with E-state index < -0.39 is 6.61 Å². The summed E-state index contributed by atoms with van der Waals surface area (Å²) in [4.78, 5) is 14.6. The molecule has 27 heavy (non-hydrogen) atoms. The van der Waals surface area contributed by atoms with E-state index in [1.165, 1.54) is 12.1 Å². The molecule has 0 bridgehead atoms. The number of ether oxygens (including phenoxy) is 1. The van der Waals surface area contributed by atoms with Crippen molar-refractivity contribution in [3.8, 4) is 5.75 Å². The number of nitrogens with one attached hydrogen (secondary N) is 2. The van der Waals surface area contributed by atoms with Crippen LogP contribution in [0.1, 0.15) is 16.8 Å². The Labute approximate surface area is 163 Å². The van der Waals surface area contributed by atoms with Gasteiger partial charge in [0, 0.05) is 25.3 Å². The average Bonchev–Trinajstić information content (AvgIpc) is 3.17. The summed E-state index contributed by atoms with van der Waals surface area (Å²) in [5.74, 6) is 0.0304. The number of benzene rings is 2. The molecule has 1 heterocycles. The second-order valence-electron chi connectivity index (χ2n) is 6.14. The highest BCUT2D eigenvalue weighted by atomic mass is 35.5. The van der Waals surface area contributed by atoms with Crippen LogP contribution in [0, 0.1) is 0 Å². The second-order valence-corrected chi connectivity index (χ2v) is 6.14. The van der Waals surface area contributed by atoms with Gasteiger partial charge in [0.25, 0.3) is 5.91 Å². The van der Waals surface area contributed by atoms with Crippen LogP contribution < -0.4 is 15.4 Å².